The van der Waals surface area contributed by atoms with Gasteiger partial charge in [-0.3, -0.25) is 0 Å². The molecule has 1 aliphatic rings. The van der Waals surface area contributed by atoms with Crippen molar-refractivity contribution in [3.05, 3.63) is 11.1 Å². The van der Waals surface area contributed by atoms with E-state index in [2.05, 4.69) is 27.7 Å². The van der Waals surface area contributed by atoms with Crippen molar-refractivity contribution >= 4 is 0 Å². The highest BCUT2D eigenvalue weighted by Gasteiger charge is 2.34. The number of hydrogen-bond donors (Lipinski definition) is 0. The Morgan fingerprint density at radius 1 is 1.25 bits per heavy atom. The lowest BCUT2D eigenvalue weighted by molar-refractivity contribution is 0.307. The van der Waals surface area contributed by atoms with Crippen molar-refractivity contribution in [2.24, 2.45) is 5.41 Å². The zero-order chi connectivity index (χ0) is 9.19. The summed E-state index contributed by atoms with van der Waals surface area (Å²) in [6.45, 7) is 9.31. The van der Waals surface area contributed by atoms with Crippen LogP contribution in [0, 0.1) is 5.41 Å². The SMILES string of the molecule is CCCC1(CC)CCC(C)=C1C. The number of allylic oxidation sites excluding steroid dienone is 2. The fourth-order valence-corrected chi connectivity index (χ4v) is 2.66. The molecule has 0 heterocycles. The quantitative estimate of drug-likeness (QED) is 0.548. The molecule has 0 amide bonds. The number of rotatable bonds is 3. The minimum absolute atomic E-state index is 0.596. The van der Waals surface area contributed by atoms with Crippen molar-refractivity contribution in [2.75, 3.05) is 0 Å². The predicted octanol–water partition coefficient (Wildman–Crippen LogP) is 4.31. The van der Waals surface area contributed by atoms with Crippen LogP contribution >= 0.6 is 0 Å². The molecule has 0 saturated carbocycles. The largest absolute Gasteiger partial charge is 0.0738 e. The zero-order valence-electron chi connectivity index (χ0n) is 9.04. The van der Waals surface area contributed by atoms with Crippen molar-refractivity contribution < 1.29 is 0 Å². The molecule has 1 aliphatic carbocycles. The lowest BCUT2D eigenvalue weighted by atomic mass is 9.75. The highest BCUT2D eigenvalue weighted by atomic mass is 14.4. The molecule has 0 heteroatoms. The van der Waals surface area contributed by atoms with Crippen LogP contribution < -0.4 is 0 Å². The third kappa shape index (κ3) is 1.44. The predicted molar refractivity (Wildman–Crippen MR) is 55.2 cm³/mol. The van der Waals surface area contributed by atoms with Crippen molar-refractivity contribution in [3.63, 3.8) is 0 Å². The summed E-state index contributed by atoms with van der Waals surface area (Å²) in [6.07, 6.45) is 6.82. The van der Waals surface area contributed by atoms with Gasteiger partial charge in [-0.1, -0.05) is 31.4 Å². The van der Waals surface area contributed by atoms with Crippen LogP contribution in [0.1, 0.15) is 59.8 Å². The maximum absolute atomic E-state index is 2.35. The molecule has 0 fully saturated rings. The molecule has 0 nitrogen and oxygen atoms in total. The Morgan fingerprint density at radius 3 is 2.25 bits per heavy atom. The van der Waals surface area contributed by atoms with Gasteiger partial charge in [-0.25, -0.2) is 0 Å². The van der Waals surface area contributed by atoms with Gasteiger partial charge in [0.15, 0.2) is 0 Å². The average molecular weight is 166 g/mol. The summed E-state index contributed by atoms with van der Waals surface area (Å²) in [4.78, 5) is 0. The van der Waals surface area contributed by atoms with E-state index in [0.717, 1.165) is 0 Å². The molecular weight excluding hydrogens is 144 g/mol. The van der Waals surface area contributed by atoms with Crippen LogP contribution in [-0.2, 0) is 0 Å². The molecule has 0 bridgehead atoms. The van der Waals surface area contributed by atoms with Crippen molar-refractivity contribution in [3.8, 4) is 0 Å². The Balaban J connectivity index is 2.82. The van der Waals surface area contributed by atoms with Gasteiger partial charge in [-0.2, -0.15) is 0 Å². The summed E-state index contributed by atoms with van der Waals surface area (Å²) in [6, 6.07) is 0. The lowest BCUT2D eigenvalue weighted by Crippen LogP contribution is -2.17. The van der Waals surface area contributed by atoms with E-state index in [-0.39, 0.29) is 0 Å². The normalized spacial score (nSPS) is 30.0. The summed E-state index contributed by atoms with van der Waals surface area (Å²) in [7, 11) is 0. The third-order valence-corrected chi connectivity index (χ3v) is 3.82. The van der Waals surface area contributed by atoms with E-state index in [9.17, 15) is 0 Å². The monoisotopic (exact) mass is 166 g/mol. The van der Waals surface area contributed by atoms with Gasteiger partial charge < -0.3 is 0 Å². The van der Waals surface area contributed by atoms with Gasteiger partial charge in [-0.15, -0.1) is 0 Å². The second kappa shape index (κ2) is 3.64. The molecule has 1 unspecified atom stereocenters. The molecule has 0 spiro atoms. The third-order valence-electron chi connectivity index (χ3n) is 3.82. The molecule has 0 aromatic carbocycles. The van der Waals surface area contributed by atoms with Crippen molar-refractivity contribution in [1.82, 2.24) is 0 Å². The maximum Gasteiger partial charge on any atom is -0.00879 e. The molecule has 0 aromatic heterocycles. The van der Waals surface area contributed by atoms with Crippen LogP contribution in [0.25, 0.3) is 0 Å². The van der Waals surface area contributed by atoms with Crippen LogP contribution in [0.15, 0.2) is 11.1 Å². The Labute approximate surface area is 77.1 Å². The van der Waals surface area contributed by atoms with Crippen LogP contribution in [0.4, 0.5) is 0 Å². The molecule has 0 saturated heterocycles. The fraction of sp³-hybridized carbons (Fsp3) is 0.833. The first-order valence-corrected chi connectivity index (χ1v) is 5.33. The Kier molecular flexibility index (Phi) is 2.98. The summed E-state index contributed by atoms with van der Waals surface area (Å²) in [5.41, 5.74) is 3.95. The second-order valence-corrected chi connectivity index (χ2v) is 4.29. The van der Waals surface area contributed by atoms with E-state index in [1.165, 1.54) is 32.1 Å². The maximum atomic E-state index is 2.35. The highest BCUT2D eigenvalue weighted by Crippen LogP contribution is 2.48. The van der Waals surface area contributed by atoms with Crippen LogP contribution in [-0.4, -0.2) is 0 Å². The van der Waals surface area contributed by atoms with E-state index in [1.54, 1.807) is 11.1 Å². The molecular formula is C12H22. The molecule has 1 rings (SSSR count). The van der Waals surface area contributed by atoms with Gasteiger partial charge in [0.1, 0.15) is 0 Å². The second-order valence-electron chi connectivity index (χ2n) is 4.29. The summed E-state index contributed by atoms with van der Waals surface area (Å²) >= 11 is 0. The van der Waals surface area contributed by atoms with Gasteiger partial charge in [0.25, 0.3) is 0 Å². The van der Waals surface area contributed by atoms with E-state index in [1.807, 2.05) is 0 Å². The van der Waals surface area contributed by atoms with E-state index in [0.29, 0.717) is 5.41 Å². The minimum Gasteiger partial charge on any atom is -0.0738 e. The van der Waals surface area contributed by atoms with E-state index >= 15 is 0 Å². The lowest BCUT2D eigenvalue weighted by Gasteiger charge is -2.29. The molecule has 70 valence electrons. The van der Waals surface area contributed by atoms with Crippen LogP contribution in [0.3, 0.4) is 0 Å². The topological polar surface area (TPSA) is 0 Å². The van der Waals surface area contributed by atoms with Crippen LogP contribution in [0.2, 0.25) is 0 Å². The van der Waals surface area contributed by atoms with E-state index < -0.39 is 0 Å². The standard InChI is InChI=1S/C12H22/c1-5-8-12(6-2)9-7-10(3)11(12)4/h5-9H2,1-4H3. The fourth-order valence-electron chi connectivity index (χ4n) is 2.66. The first kappa shape index (κ1) is 9.83. The first-order chi connectivity index (χ1) is 5.66. The van der Waals surface area contributed by atoms with Gasteiger partial charge in [0.2, 0.25) is 0 Å². The smallest absolute Gasteiger partial charge is 0.00879 e. The van der Waals surface area contributed by atoms with Gasteiger partial charge in [0, 0.05) is 0 Å². The zero-order valence-corrected chi connectivity index (χ0v) is 9.04. The van der Waals surface area contributed by atoms with Crippen molar-refractivity contribution in [2.45, 2.75) is 59.8 Å². The summed E-state index contributed by atoms with van der Waals surface area (Å²) in [5.74, 6) is 0. The van der Waals surface area contributed by atoms with Gasteiger partial charge >= 0.3 is 0 Å². The molecule has 12 heavy (non-hydrogen) atoms. The molecule has 0 N–H and O–H groups in total. The van der Waals surface area contributed by atoms with Crippen LogP contribution in [0.5, 0.6) is 0 Å². The van der Waals surface area contributed by atoms with Gasteiger partial charge in [0.05, 0.1) is 0 Å². The van der Waals surface area contributed by atoms with Crippen molar-refractivity contribution in [1.29, 1.82) is 0 Å². The Hall–Kier alpha value is -0.260. The highest BCUT2D eigenvalue weighted by molar-refractivity contribution is 5.24. The van der Waals surface area contributed by atoms with E-state index in [4.69, 9.17) is 0 Å². The summed E-state index contributed by atoms with van der Waals surface area (Å²) in [5, 5.41) is 0. The Morgan fingerprint density at radius 2 is 1.92 bits per heavy atom. The number of hydrogen-bond acceptors (Lipinski definition) is 0. The average Bonchev–Trinajstić information content (AvgIpc) is 2.35. The molecule has 1 atom stereocenters. The first-order valence-electron chi connectivity index (χ1n) is 5.33. The minimum atomic E-state index is 0.596. The Bertz CT molecular complexity index is 188. The summed E-state index contributed by atoms with van der Waals surface area (Å²) < 4.78 is 0. The molecule has 0 aromatic rings. The molecule has 0 aliphatic heterocycles. The van der Waals surface area contributed by atoms with Gasteiger partial charge in [-0.05, 0) is 44.9 Å². The molecule has 0 radical (unpaired) electrons.